The van der Waals surface area contributed by atoms with Gasteiger partial charge < -0.3 is 14.9 Å². The summed E-state index contributed by atoms with van der Waals surface area (Å²) in [5.41, 5.74) is 0. The molecular formula is C15H26N2O3. The van der Waals surface area contributed by atoms with Gasteiger partial charge in [-0.15, -0.1) is 0 Å². The summed E-state index contributed by atoms with van der Waals surface area (Å²) in [6.45, 7) is 4.56. The fourth-order valence-corrected chi connectivity index (χ4v) is 3.37. The van der Waals surface area contributed by atoms with Crippen LogP contribution in [-0.4, -0.2) is 52.6 Å². The molecule has 0 aromatic rings. The minimum Gasteiger partial charge on any atom is -0.481 e. The van der Waals surface area contributed by atoms with Gasteiger partial charge >= 0.3 is 12.0 Å². The average molecular weight is 282 g/mol. The quantitative estimate of drug-likeness (QED) is 0.865. The van der Waals surface area contributed by atoms with Crippen LogP contribution in [-0.2, 0) is 4.79 Å². The minimum atomic E-state index is -0.738. The molecule has 0 aromatic heterocycles. The lowest BCUT2D eigenvalue weighted by Gasteiger charge is -2.40. The molecule has 2 unspecified atom stereocenters. The number of hydrogen-bond donors (Lipinski definition) is 1. The van der Waals surface area contributed by atoms with Gasteiger partial charge in [-0.1, -0.05) is 0 Å². The molecule has 2 heterocycles. The summed E-state index contributed by atoms with van der Waals surface area (Å²) >= 11 is 0. The Kier molecular flexibility index (Phi) is 5.26. The van der Waals surface area contributed by atoms with Gasteiger partial charge in [0.25, 0.3) is 0 Å². The predicted octanol–water partition coefficient (Wildman–Crippen LogP) is 2.56. The summed E-state index contributed by atoms with van der Waals surface area (Å²) in [6.07, 6.45) is 6.37. The molecule has 114 valence electrons. The smallest absolute Gasteiger partial charge is 0.320 e. The third-order valence-corrected chi connectivity index (χ3v) is 4.60. The number of amides is 2. The normalized spacial score (nSPS) is 27.4. The first kappa shape index (κ1) is 15.1. The SMILES string of the molecule is CC1CCCCN1C(=O)N1CCCC(CCC(=O)O)C1. The zero-order valence-corrected chi connectivity index (χ0v) is 12.4. The lowest BCUT2D eigenvalue weighted by Crippen LogP contribution is -2.52. The van der Waals surface area contributed by atoms with Crippen molar-refractivity contribution in [2.75, 3.05) is 19.6 Å². The molecule has 2 rings (SSSR count). The number of carbonyl (C=O) groups is 2. The van der Waals surface area contributed by atoms with E-state index in [0.717, 1.165) is 45.3 Å². The van der Waals surface area contributed by atoms with Gasteiger partial charge in [-0.3, -0.25) is 4.79 Å². The van der Waals surface area contributed by atoms with Crippen LogP contribution in [0.25, 0.3) is 0 Å². The third-order valence-electron chi connectivity index (χ3n) is 4.60. The van der Waals surface area contributed by atoms with Gasteiger partial charge in [-0.05, 0) is 51.4 Å². The van der Waals surface area contributed by atoms with Crippen molar-refractivity contribution in [1.29, 1.82) is 0 Å². The Hall–Kier alpha value is -1.26. The summed E-state index contributed by atoms with van der Waals surface area (Å²) < 4.78 is 0. The van der Waals surface area contributed by atoms with E-state index in [-0.39, 0.29) is 12.5 Å². The summed E-state index contributed by atoms with van der Waals surface area (Å²) in [6, 6.07) is 0.507. The third kappa shape index (κ3) is 3.87. The van der Waals surface area contributed by atoms with Gasteiger partial charge in [0, 0.05) is 32.1 Å². The van der Waals surface area contributed by atoms with Crippen molar-refractivity contribution in [3.8, 4) is 0 Å². The zero-order valence-electron chi connectivity index (χ0n) is 12.4. The fraction of sp³-hybridized carbons (Fsp3) is 0.867. The van der Waals surface area contributed by atoms with Gasteiger partial charge in [0.05, 0.1) is 0 Å². The maximum absolute atomic E-state index is 12.6. The molecule has 0 radical (unpaired) electrons. The summed E-state index contributed by atoms with van der Waals surface area (Å²) in [5.74, 6) is -0.387. The van der Waals surface area contributed by atoms with Crippen molar-refractivity contribution in [1.82, 2.24) is 9.80 Å². The standard InChI is InChI=1S/C15H26N2O3/c1-12-5-2-3-10-17(12)15(20)16-9-4-6-13(11-16)7-8-14(18)19/h12-13H,2-11H2,1H3,(H,18,19). The Balaban J connectivity index is 1.87. The second-order valence-corrected chi connectivity index (χ2v) is 6.21. The van der Waals surface area contributed by atoms with Crippen molar-refractivity contribution >= 4 is 12.0 Å². The molecule has 2 amide bonds. The van der Waals surface area contributed by atoms with Gasteiger partial charge in [-0.2, -0.15) is 0 Å². The minimum absolute atomic E-state index is 0.164. The molecule has 1 N–H and O–H groups in total. The first-order valence-electron chi connectivity index (χ1n) is 7.85. The highest BCUT2D eigenvalue weighted by atomic mass is 16.4. The Morgan fingerprint density at radius 1 is 1.15 bits per heavy atom. The number of aliphatic carboxylic acids is 1. The van der Waals surface area contributed by atoms with Crippen LogP contribution in [0.1, 0.15) is 51.9 Å². The van der Waals surface area contributed by atoms with Crippen LogP contribution in [0.3, 0.4) is 0 Å². The lowest BCUT2D eigenvalue weighted by molar-refractivity contribution is -0.137. The second-order valence-electron chi connectivity index (χ2n) is 6.21. The zero-order chi connectivity index (χ0) is 14.5. The van der Waals surface area contributed by atoms with E-state index in [2.05, 4.69) is 6.92 Å². The van der Waals surface area contributed by atoms with Crippen molar-refractivity contribution in [2.24, 2.45) is 5.92 Å². The number of urea groups is 1. The topological polar surface area (TPSA) is 60.9 Å². The molecule has 2 aliphatic heterocycles. The molecule has 2 fully saturated rings. The van der Waals surface area contributed by atoms with Crippen LogP contribution in [0, 0.1) is 5.92 Å². The number of likely N-dealkylation sites (tertiary alicyclic amines) is 2. The highest BCUT2D eigenvalue weighted by molar-refractivity contribution is 5.75. The number of hydrogen-bond acceptors (Lipinski definition) is 2. The van der Waals surface area contributed by atoms with Crippen LogP contribution < -0.4 is 0 Å². The molecule has 2 saturated heterocycles. The second kappa shape index (κ2) is 6.95. The van der Waals surface area contributed by atoms with E-state index in [1.165, 1.54) is 6.42 Å². The molecule has 0 aliphatic carbocycles. The molecule has 20 heavy (non-hydrogen) atoms. The number of piperidine rings is 2. The molecule has 2 atom stereocenters. The van der Waals surface area contributed by atoms with Gasteiger partial charge in [0.15, 0.2) is 0 Å². The fourth-order valence-electron chi connectivity index (χ4n) is 3.37. The summed E-state index contributed by atoms with van der Waals surface area (Å²) in [5, 5.41) is 8.77. The van der Waals surface area contributed by atoms with Crippen molar-refractivity contribution < 1.29 is 14.7 Å². The molecule has 0 saturated carbocycles. The first-order chi connectivity index (χ1) is 9.58. The van der Waals surface area contributed by atoms with Crippen molar-refractivity contribution in [3.05, 3.63) is 0 Å². The van der Waals surface area contributed by atoms with Crippen LogP contribution >= 0.6 is 0 Å². The van der Waals surface area contributed by atoms with E-state index < -0.39 is 5.97 Å². The Morgan fingerprint density at radius 3 is 2.65 bits per heavy atom. The first-order valence-corrected chi connectivity index (χ1v) is 7.85. The molecule has 0 aromatic carbocycles. The number of nitrogens with zero attached hydrogens (tertiary/aromatic N) is 2. The molecule has 0 bridgehead atoms. The van der Waals surface area contributed by atoms with Crippen LogP contribution in [0.5, 0.6) is 0 Å². The molecule has 5 heteroatoms. The van der Waals surface area contributed by atoms with Gasteiger partial charge in [0.1, 0.15) is 0 Å². The lowest BCUT2D eigenvalue weighted by atomic mass is 9.93. The largest absolute Gasteiger partial charge is 0.481 e. The highest BCUT2D eigenvalue weighted by Gasteiger charge is 2.30. The maximum atomic E-state index is 12.6. The van der Waals surface area contributed by atoms with E-state index in [9.17, 15) is 9.59 Å². The van der Waals surface area contributed by atoms with Crippen LogP contribution in [0.4, 0.5) is 4.79 Å². The van der Waals surface area contributed by atoms with E-state index in [1.54, 1.807) is 0 Å². The maximum Gasteiger partial charge on any atom is 0.320 e. The van der Waals surface area contributed by atoms with E-state index in [1.807, 2.05) is 9.80 Å². The number of carboxylic acid groups (broad SMARTS) is 1. The number of carbonyl (C=O) groups excluding carboxylic acids is 1. The summed E-state index contributed by atoms with van der Waals surface area (Å²) in [4.78, 5) is 27.2. The van der Waals surface area contributed by atoms with Gasteiger partial charge in [0.2, 0.25) is 0 Å². The van der Waals surface area contributed by atoms with Crippen LogP contribution in [0.15, 0.2) is 0 Å². The summed E-state index contributed by atoms with van der Waals surface area (Å²) in [7, 11) is 0. The molecule has 0 spiro atoms. The van der Waals surface area contributed by atoms with Crippen molar-refractivity contribution in [3.63, 3.8) is 0 Å². The average Bonchev–Trinajstić information content (AvgIpc) is 2.45. The monoisotopic (exact) mass is 282 g/mol. The van der Waals surface area contributed by atoms with Crippen molar-refractivity contribution in [2.45, 2.75) is 57.9 Å². The Labute approximate surface area is 120 Å². The molecule has 2 aliphatic rings. The van der Waals surface area contributed by atoms with E-state index in [4.69, 9.17) is 5.11 Å². The molecular weight excluding hydrogens is 256 g/mol. The van der Waals surface area contributed by atoms with E-state index >= 15 is 0 Å². The number of rotatable bonds is 3. The predicted molar refractivity (Wildman–Crippen MR) is 76.6 cm³/mol. The number of carboxylic acids is 1. The highest BCUT2D eigenvalue weighted by Crippen LogP contribution is 2.24. The van der Waals surface area contributed by atoms with Gasteiger partial charge in [-0.25, -0.2) is 4.79 Å². The van der Waals surface area contributed by atoms with Crippen LogP contribution in [0.2, 0.25) is 0 Å². The van der Waals surface area contributed by atoms with E-state index in [0.29, 0.717) is 18.4 Å². The Bertz CT molecular complexity index is 359. The molecule has 5 nitrogen and oxygen atoms in total. The Morgan fingerprint density at radius 2 is 1.95 bits per heavy atom.